The van der Waals surface area contributed by atoms with E-state index in [1.165, 1.54) is 30.4 Å². The van der Waals surface area contributed by atoms with Gasteiger partial charge in [-0.1, -0.05) is 24.3 Å². The first-order chi connectivity index (χ1) is 16.9. The zero-order valence-corrected chi connectivity index (χ0v) is 19.5. The standard InChI is InChI=1S/C26H25F3O7/c1-3-35-25(34)13-8-19(21(31)10-5-17-4-9-20(30)16(2)14-17)22(32)11-6-18-7-12-23(33)24(15-18)36-26(27,28)29/h4-7,9-12,14-15,19,30,33H,3,8,13H2,1-2H3/b10-5+,11-6+. The number of carbonyl (C=O) groups is 3. The summed E-state index contributed by atoms with van der Waals surface area (Å²) in [6.07, 6.45) is -0.537. The van der Waals surface area contributed by atoms with Crippen molar-refractivity contribution in [2.45, 2.75) is 33.1 Å². The van der Waals surface area contributed by atoms with Gasteiger partial charge in [0.1, 0.15) is 5.75 Å². The summed E-state index contributed by atoms with van der Waals surface area (Å²) in [6.45, 7) is 3.43. The summed E-state index contributed by atoms with van der Waals surface area (Å²) in [5.41, 5.74) is 1.30. The van der Waals surface area contributed by atoms with Crippen LogP contribution in [0.3, 0.4) is 0 Å². The minimum atomic E-state index is -5.03. The molecule has 36 heavy (non-hydrogen) atoms. The fourth-order valence-corrected chi connectivity index (χ4v) is 3.13. The van der Waals surface area contributed by atoms with Gasteiger partial charge in [-0.3, -0.25) is 14.4 Å². The number of phenolic OH excluding ortho intramolecular Hbond substituents is 2. The molecule has 0 amide bonds. The van der Waals surface area contributed by atoms with E-state index in [-0.39, 0.29) is 30.8 Å². The molecule has 2 aromatic rings. The number of hydrogen-bond donors (Lipinski definition) is 2. The van der Waals surface area contributed by atoms with E-state index in [1.807, 2.05) is 0 Å². The predicted molar refractivity (Wildman–Crippen MR) is 125 cm³/mol. The van der Waals surface area contributed by atoms with Gasteiger partial charge in [0.25, 0.3) is 0 Å². The highest BCUT2D eigenvalue weighted by Crippen LogP contribution is 2.32. The third-order valence-corrected chi connectivity index (χ3v) is 4.94. The first-order valence-corrected chi connectivity index (χ1v) is 10.9. The van der Waals surface area contributed by atoms with Crippen molar-refractivity contribution in [3.8, 4) is 17.2 Å². The lowest BCUT2D eigenvalue weighted by atomic mass is 9.92. The maximum atomic E-state index is 12.8. The lowest BCUT2D eigenvalue weighted by Gasteiger charge is -2.11. The molecule has 10 heteroatoms. The van der Waals surface area contributed by atoms with E-state index in [0.717, 1.165) is 18.2 Å². The van der Waals surface area contributed by atoms with Gasteiger partial charge in [0.15, 0.2) is 23.1 Å². The van der Waals surface area contributed by atoms with E-state index in [1.54, 1.807) is 26.0 Å². The second kappa shape index (κ2) is 12.6. The molecule has 192 valence electrons. The molecule has 0 bridgehead atoms. The smallest absolute Gasteiger partial charge is 0.508 e. The number of alkyl halides is 3. The molecule has 0 saturated carbocycles. The number of aryl methyl sites for hydroxylation is 1. The van der Waals surface area contributed by atoms with Crippen molar-refractivity contribution in [2.24, 2.45) is 5.92 Å². The second-order valence-corrected chi connectivity index (χ2v) is 7.69. The van der Waals surface area contributed by atoms with Crippen LogP contribution in [0.15, 0.2) is 48.6 Å². The Bertz CT molecular complexity index is 1170. The number of phenols is 2. The molecule has 0 aromatic heterocycles. The highest BCUT2D eigenvalue weighted by Gasteiger charge is 2.32. The first-order valence-electron chi connectivity index (χ1n) is 10.9. The van der Waals surface area contributed by atoms with Crippen LogP contribution >= 0.6 is 0 Å². The van der Waals surface area contributed by atoms with Crippen molar-refractivity contribution in [1.29, 1.82) is 0 Å². The Labute approximate surface area is 205 Å². The van der Waals surface area contributed by atoms with Gasteiger partial charge in [-0.2, -0.15) is 0 Å². The number of rotatable bonds is 11. The number of benzene rings is 2. The normalized spacial score (nSPS) is 12.6. The van der Waals surface area contributed by atoms with Crippen LogP contribution in [0.1, 0.15) is 36.5 Å². The number of ether oxygens (including phenoxy) is 2. The molecule has 2 rings (SSSR count). The minimum Gasteiger partial charge on any atom is -0.508 e. The Morgan fingerprint density at radius 3 is 2.03 bits per heavy atom. The number of esters is 1. The van der Waals surface area contributed by atoms with E-state index in [4.69, 9.17) is 4.74 Å². The van der Waals surface area contributed by atoms with Crippen LogP contribution in [0, 0.1) is 12.8 Å². The summed E-state index contributed by atoms with van der Waals surface area (Å²) >= 11 is 0. The number of halogens is 3. The number of ketones is 2. The van der Waals surface area contributed by atoms with Gasteiger partial charge in [0.05, 0.1) is 12.5 Å². The molecule has 0 aliphatic carbocycles. The third kappa shape index (κ3) is 8.94. The molecule has 7 nitrogen and oxygen atoms in total. The van der Waals surface area contributed by atoms with Crippen LogP contribution < -0.4 is 4.74 Å². The number of hydrogen-bond acceptors (Lipinski definition) is 7. The van der Waals surface area contributed by atoms with Crippen LogP contribution in [0.5, 0.6) is 17.2 Å². The van der Waals surface area contributed by atoms with Crippen LogP contribution in [0.2, 0.25) is 0 Å². The monoisotopic (exact) mass is 506 g/mol. The lowest BCUT2D eigenvalue weighted by molar-refractivity contribution is -0.275. The summed E-state index contributed by atoms with van der Waals surface area (Å²) in [6, 6.07) is 7.78. The van der Waals surface area contributed by atoms with Gasteiger partial charge in [0, 0.05) is 6.42 Å². The van der Waals surface area contributed by atoms with Gasteiger partial charge in [0.2, 0.25) is 0 Å². The van der Waals surface area contributed by atoms with Crippen LogP contribution in [-0.4, -0.2) is 40.7 Å². The van der Waals surface area contributed by atoms with Crippen LogP contribution in [0.25, 0.3) is 12.2 Å². The molecule has 0 saturated heterocycles. The van der Waals surface area contributed by atoms with E-state index < -0.39 is 41.3 Å². The van der Waals surface area contributed by atoms with Crippen LogP contribution in [-0.2, 0) is 19.1 Å². The molecule has 2 aromatic carbocycles. The number of allylic oxidation sites excluding steroid dienone is 2. The van der Waals surface area contributed by atoms with Gasteiger partial charge >= 0.3 is 12.3 Å². The maximum Gasteiger partial charge on any atom is 0.573 e. The largest absolute Gasteiger partial charge is 0.573 e. The van der Waals surface area contributed by atoms with Crippen molar-refractivity contribution in [1.82, 2.24) is 0 Å². The Morgan fingerprint density at radius 2 is 1.50 bits per heavy atom. The average Bonchev–Trinajstić information content (AvgIpc) is 2.79. The fourth-order valence-electron chi connectivity index (χ4n) is 3.13. The Balaban J connectivity index is 2.24. The van der Waals surface area contributed by atoms with Gasteiger partial charge in [-0.15, -0.1) is 13.2 Å². The summed E-state index contributed by atoms with van der Waals surface area (Å²) in [5.74, 6) is -4.61. The maximum absolute atomic E-state index is 12.8. The highest BCUT2D eigenvalue weighted by atomic mass is 19.4. The molecule has 0 spiro atoms. The summed E-state index contributed by atoms with van der Waals surface area (Å²) < 4.78 is 46.1. The molecule has 0 aliphatic rings. The minimum absolute atomic E-state index is 0.0872. The first kappa shape index (κ1) is 28.2. The second-order valence-electron chi connectivity index (χ2n) is 7.69. The molecular weight excluding hydrogens is 481 g/mol. The summed E-state index contributed by atoms with van der Waals surface area (Å²) in [4.78, 5) is 37.4. The zero-order valence-electron chi connectivity index (χ0n) is 19.5. The van der Waals surface area contributed by atoms with Gasteiger partial charge < -0.3 is 19.7 Å². The summed E-state index contributed by atoms with van der Waals surface area (Å²) in [7, 11) is 0. The third-order valence-electron chi connectivity index (χ3n) is 4.94. The Morgan fingerprint density at radius 1 is 0.944 bits per heavy atom. The SMILES string of the molecule is CCOC(=O)CCC(C(=O)/C=C/c1ccc(O)c(C)c1)C(=O)/C=C/c1ccc(O)c(OC(F)(F)F)c1. The molecule has 1 unspecified atom stereocenters. The van der Waals surface area contributed by atoms with Crippen molar-refractivity contribution < 1.29 is 47.2 Å². The topological polar surface area (TPSA) is 110 Å². The van der Waals surface area contributed by atoms with E-state index in [0.29, 0.717) is 11.1 Å². The molecule has 0 aliphatic heterocycles. The molecule has 1 atom stereocenters. The number of aromatic hydroxyl groups is 2. The van der Waals surface area contributed by atoms with Crippen molar-refractivity contribution in [2.75, 3.05) is 6.61 Å². The molecule has 0 heterocycles. The highest BCUT2D eigenvalue weighted by molar-refractivity contribution is 6.13. The molecule has 2 N–H and O–H groups in total. The Kier molecular flexibility index (Phi) is 9.83. The van der Waals surface area contributed by atoms with E-state index >= 15 is 0 Å². The van der Waals surface area contributed by atoms with Crippen LogP contribution in [0.4, 0.5) is 13.2 Å². The average molecular weight is 506 g/mol. The molecule has 0 fully saturated rings. The van der Waals surface area contributed by atoms with E-state index in [2.05, 4.69) is 4.74 Å². The zero-order chi connectivity index (χ0) is 26.9. The summed E-state index contributed by atoms with van der Waals surface area (Å²) in [5, 5.41) is 19.2. The Hall–Kier alpha value is -4.08. The molecule has 0 radical (unpaired) electrons. The van der Waals surface area contributed by atoms with Crippen molar-refractivity contribution in [3.63, 3.8) is 0 Å². The predicted octanol–water partition coefficient (Wildman–Crippen LogP) is 5.13. The lowest BCUT2D eigenvalue weighted by Crippen LogP contribution is -2.22. The molecular formula is C26H25F3O7. The fraction of sp³-hybridized carbons (Fsp3) is 0.269. The number of carbonyl (C=O) groups excluding carboxylic acids is 3. The van der Waals surface area contributed by atoms with Crippen molar-refractivity contribution in [3.05, 3.63) is 65.2 Å². The van der Waals surface area contributed by atoms with E-state index in [9.17, 15) is 37.8 Å². The van der Waals surface area contributed by atoms with Gasteiger partial charge in [-0.25, -0.2) is 0 Å². The van der Waals surface area contributed by atoms with Crippen molar-refractivity contribution >= 4 is 29.7 Å². The van der Waals surface area contributed by atoms with Gasteiger partial charge in [-0.05, 0) is 73.4 Å². The quantitative estimate of drug-likeness (QED) is 0.247.